The van der Waals surface area contributed by atoms with Crippen LogP contribution in [0.1, 0.15) is 18.9 Å². The molecule has 0 saturated heterocycles. The summed E-state index contributed by atoms with van der Waals surface area (Å²) in [5.41, 5.74) is 7.21. The van der Waals surface area contributed by atoms with Crippen molar-refractivity contribution in [1.29, 1.82) is 0 Å². The largest absolute Gasteiger partial charge is 0.399 e. The number of aromatic nitrogens is 2. The summed E-state index contributed by atoms with van der Waals surface area (Å²) < 4.78 is 3.45. The summed E-state index contributed by atoms with van der Waals surface area (Å²) in [6.07, 6.45) is 5.90. The molecule has 1 saturated carbocycles. The van der Waals surface area contributed by atoms with Gasteiger partial charge in [-0.3, -0.25) is 9.13 Å². The van der Waals surface area contributed by atoms with Crippen molar-refractivity contribution < 1.29 is 0 Å². The van der Waals surface area contributed by atoms with E-state index in [9.17, 15) is 4.79 Å². The molecule has 2 N–H and O–H groups in total. The first-order valence-electron chi connectivity index (χ1n) is 5.41. The molecule has 0 radical (unpaired) electrons. The average Bonchev–Trinajstić information content (AvgIpc) is 3.05. The molecule has 0 spiro atoms. The molecule has 1 aromatic carbocycles. The number of rotatable bonds is 2. The minimum Gasteiger partial charge on any atom is -0.399 e. The second-order valence-corrected chi connectivity index (χ2v) is 4.18. The maximum Gasteiger partial charge on any atom is 0.332 e. The average molecular weight is 215 g/mol. The topological polar surface area (TPSA) is 52.9 Å². The highest BCUT2D eigenvalue weighted by molar-refractivity contribution is 5.44. The minimum atomic E-state index is 0.0345. The lowest BCUT2D eigenvalue weighted by molar-refractivity contribution is 0.695. The van der Waals surface area contributed by atoms with Crippen molar-refractivity contribution in [2.24, 2.45) is 0 Å². The van der Waals surface area contributed by atoms with E-state index in [1.165, 1.54) is 0 Å². The highest BCUT2D eigenvalue weighted by Crippen LogP contribution is 2.33. The van der Waals surface area contributed by atoms with Crippen LogP contribution in [0, 0.1) is 0 Å². The first kappa shape index (κ1) is 9.27. The number of nitrogen functional groups attached to an aromatic ring is 1. The highest BCUT2D eigenvalue weighted by atomic mass is 16.1. The standard InChI is InChI=1S/C12H13N3O/c13-9-1-3-10(4-2-9)14-7-8-15(12(14)16)11-5-6-11/h1-4,7-8,11H,5-6,13H2. The molecular weight excluding hydrogens is 202 g/mol. The Labute approximate surface area is 92.9 Å². The number of hydrogen-bond acceptors (Lipinski definition) is 2. The van der Waals surface area contributed by atoms with Crippen LogP contribution in [0.25, 0.3) is 5.69 Å². The van der Waals surface area contributed by atoms with Crippen LogP contribution in [0.4, 0.5) is 5.69 Å². The maximum atomic E-state index is 12.0. The molecule has 82 valence electrons. The molecular formula is C12H13N3O. The molecule has 1 aliphatic rings. The lowest BCUT2D eigenvalue weighted by Gasteiger charge is -2.01. The van der Waals surface area contributed by atoms with Gasteiger partial charge < -0.3 is 5.73 Å². The van der Waals surface area contributed by atoms with Crippen LogP contribution in [-0.4, -0.2) is 9.13 Å². The number of benzene rings is 1. The van der Waals surface area contributed by atoms with Gasteiger partial charge in [-0.25, -0.2) is 4.79 Å². The van der Waals surface area contributed by atoms with Gasteiger partial charge >= 0.3 is 5.69 Å². The molecule has 16 heavy (non-hydrogen) atoms. The first-order valence-corrected chi connectivity index (χ1v) is 5.41. The molecule has 1 heterocycles. The Morgan fingerprint density at radius 2 is 1.81 bits per heavy atom. The summed E-state index contributed by atoms with van der Waals surface area (Å²) in [6, 6.07) is 7.73. The van der Waals surface area contributed by atoms with Crippen LogP contribution in [0.3, 0.4) is 0 Å². The van der Waals surface area contributed by atoms with Crippen molar-refractivity contribution in [3.8, 4) is 5.69 Å². The third-order valence-electron chi connectivity index (χ3n) is 2.91. The third-order valence-corrected chi connectivity index (χ3v) is 2.91. The van der Waals surface area contributed by atoms with Crippen molar-refractivity contribution in [3.05, 3.63) is 47.1 Å². The second kappa shape index (κ2) is 3.27. The summed E-state index contributed by atoms with van der Waals surface area (Å²) >= 11 is 0. The lowest BCUT2D eigenvalue weighted by atomic mass is 10.3. The Kier molecular flexibility index (Phi) is 1.89. The van der Waals surface area contributed by atoms with Crippen LogP contribution in [0.2, 0.25) is 0 Å². The molecule has 0 amide bonds. The van der Waals surface area contributed by atoms with E-state index in [0.29, 0.717) is 11.7 Å². The van der Waals surface area contributed by atoms with Crippen LogP contribution >= 0.6 is 0 Å². The number of nitrogens with zero attached hydrogens (tertiary/aromatic N) is 2. The normalized spacial score (nSPS) is 15.2. The summed E-state index contributed by atoms with van der Waals surface area (Å²) in [6.45, 7) is 0. The molecule has 0 bridgehead atoms. The second-order valence-electron chi connectivity index (χ2n) is 4.18. The van der Waals surface area contributed by atoms with E-state index in [0.717, 1.165) is 18.5 Å². The fourth-order valence-corrected chi connectivity index (χ4v) is 1.85. The number of imidazole rings is 1. The van der Waals surface area contributed by atoms with Gasteiger partial charge in [-0.05, 0) is 37.1 Å². The van der Waals surface area contributed by atoms with Gasteiger partial charge in [-0.1, -0.05) is 0 Å². The first-order chi connectivity index (χ1) is 7.75. The smallest absolute Gasteiger partial charge is 0.332 e. The summed E-state index contributed by atoms with van der Waals surface area (Å²) in [4.78, 5) is 12.0. The molecule has 3 rings (SSSR count). The molecule has 0 atom stereocenters. The Morgan fingerprint density at radius 1 is 1.12 bits per heavy atom. The van der Waals surface area contributed by atoms with Gasteiger partial charge in [-0.15, -0.1) is 0 Å². The monoisotopic (exact) mass is 215 g/mol. The zero-order valence-electron chi connectivity index (χ0n) is 8.84. The molecule has 2 aromatic rings. The zero-order chi connectivity index (χ0) is 11.1. The predicted octanol–water partition coefficient (Wildman–Crippen LogP) is 1.56. The maximum absolute atomic E-state index is 12.0. The van der Waals surface area contributed by atoms with Gasteiger partial charge in [0.15, 0.2) is 0 Å². The summed E-state index contributed by atoms with van der Waals surface area (Å²) in [5, 5.41) is 0. The van der Waals surface area contributed by atoms with E-state index in [4.69, 9.17) is 5.73 Å². The minimum absolute atomic E-state index is 0.0345. The van der Waals surface area contributed by atoms with Gasteiger partial charge in [0.25, 0.3) is 0 Å². The van der Waals surface area contributed by atoms with Crippen molar-refractivity contribution in [2.75, 3.05) is 5.73 Å². The van der Waals surface area contributed by atoms with Crippen molar-refractivity contribution in [3.63, 3.8) is 0 Å². The van der Waals surface area contributed by atoms with Gasteiger partial charge in [0.1, 0.15) is 0 Å². The Bertz CT molecular complexity index is 561. The van der Waals surface area contributed by atoms with E-state index < -0.39 is 0 Å². The molecule has 4 heteroatoms. The van der Waals surface area contributed by atoms with Gasteiger partial charge in [-0.2, -0.15) is 0 Å². The highest BCUT2D eigenvalue weighted by Gasteiger charge is 2.25. The molecule has 0 unspecified atom stereocenters. The van der Waals surface area contributed by atoms with E-state index in [1.807, 2.05) is 24.5 Å². The summed E-state index contributed by atoms with van der Waals surface area (Å²) in [5.74, 6) is 0. The van der Waals surface area contributed by atoms with E-state index in [-0.39, 0.29) is 5.69 Å². The molecule has 1 aliphatic carbocycles. The van der Waals surface area contributed by atoms with E-state index >= 15 is 0 Å². The molecule has 4 nitrogen and oxygen atoms in total. The van der Waals surface area contributed by atoms with Crippen molar-refractivity contribution in [1.82, 2.24) is 9.13 Å². The fraction of sp³-hybridized carbons (Fsp3) is 0.250. The number of hydrogen-bond donors (Lipinski definition) is 1. The Hall–Kier alpha value is -1.97. The van der Waals surface area contributed by atoms with Gasteiger partial charge in [0.05, 0.1) is 5.69 Å². The SMILES string of the molecule is Nc1ccc(-n2ccn(C3CC3)c2=O)cc1. The fourth-order valence-electron chi connectivity index (χ4n) is 1.85. The van der Waals surface area contributed by atoms with Crippen LogP contribution in [-0.2, 0) is 0 Å². The van der Waals surface area contributed by atoms with E-state index in [1.54, 1.807) is 21.3 Å². The van der Waals surface area contributed by atoms with Gasteiger partial charge in [0.2, 0.25) is 0 Å². The summed E-state index contributed by atoms with van der Waals surface area (Å²) in [7, 11) is 0. The van der Waals surface area contributed by atoms with Gasteiger partial charge in [0, 0.05) is 24.1 Å². The molecule has 1 fully saturated rings. The predicted molar refractivity (Wildman–Crippen MR) is 62.7 cm³/mol. The number of anilines is 1. The van der Waals surface area contributed by atoms with Crippen LogP contribution in [0.15, 0.2) is 41.5 Å². The van der Waals surface area contributed by atoms with Crippen molar-refractivity contribution >= 4 is 5.69 Å². The van der Waals surface area contributed by atoms with Crippen LogP contribution in [0.5, 0.6) is 0 Å². The van der Waals surface area contributed by atoms with Crippen LogP contribution < -0.4 is 11.4 Å². The number of nitrogens with two attached hydrogens (primary N) is 1. The third kappa shape index (κ3) is 1.43. The lowest BCUT2D eigenvalue weighted by Crippen LogP contribution is -2.22. The zero-order valence-corrected chi connectivity index (χ0v) is 8.84. The quantitative estimate of drug-likeness (QED) is 0.773. The van der Waals surface area contributed by atoms with E-state index in [2.05, 4.69) is 0 Å². The van der Waals surface area contributed by atoms with Crippen molar-refractivity contribution in [2.45, 2.75) is 18.9 Å². The molecule has 1 aromatic heterocycles. The Morgan fingerprint density at radius 3 is 2.44 bits per heavy atom. The molecule has 0 aliphatic heterocycles. The Balaban J connectivity index is 2.06.